The maximum Gasteiger partial charge on any atom is 0.253 e. The van der Waals surface area contributed by atoms with Gasteiger partial charge in [-0.2, -0.15) is 0 Å². The first-order valence-corrected chi connectivity index (χ1v) is 6.21. The fraction of sp³-hybridized carbons (Fsp3) is 0.267. The van der Waals surface area contributed by atoms with Crippen LogP contribution in [0.15, 0.2) is 42.7 Å². The Balaban J connectivity index is 2.10. The van der Waals surface area contributed by atoms with Gasteiger partial charge in [0.25, 0.3) is 5.91 Å². The molecule has 0 bridgehead atoms. The van der Waals surface area contributed by atoms with E-state index in [0.29, 0.717) is 5.56 Å². The molecule has 0 saturated carbocycles. The molecule has 0 saturated heterocycles. The highest BCUT2D eigenvalue weighted by molar-refractivity contribution is 5.94. The van der Waals surface area contributed by atoms with Gasteiger partial charge in [-0.1, -0.05) is 36.8 Å². The highest BCUT2D eigenvalue weighted by atomic mass is 16.1. The predicted octanol–water partition coefficient (Wildman–Crippen LogP) is 3.20. The van der Waals surface area contributed by atoms with Crippen molar-refractivity contribution in [1.29, 1.82) is 0 Å². The minimum Gasteiger partial charge on any atom is -0.367 e. The molecule has 0 spiro atoms. The first-order valence-electron chi connectivity index (χ1n) is 6.21. The van der Waals surface area contributed by atoms with Crippen LogP contribution in [0, 0.1) is 6.92 Å². The Morgan fingerprint density at radius 3 is 2.56 bits per heavy atom. The summed E-state index contributed by atoms with van der Waals surface area (Å²) in [5.41, 5.74) is 3.04. The maximum absolute atomic E-state index is 12.0. The molecule has 0 aliphatic rings. The lowest BCUT2D eigenvalue weighted by atomic mass is 10.0. The molecule has 2 aromatic rings. The number of carbonyl (C=O) groups is 1. The topological polar surface area (TPSA) is 44.9 Å². The van der Waals surface area contributed by atoms with Gasteiger partial charge < -0.3 is 10.3 Å². The average Bonchev–Trinajstić information content (AvgIpc) is 2.91. The van der Waals surface area contributed by atoms with E-state index in [1.165, 1.54) is 5.56 Å². The number of amides is 1. The molecule has 0 aliphatic carbocycles. The minimum atomic E-state index is -0.0383. The molecule has 1 heterocycles. The van der Waals surface area contributed by atoms with Crippen LogP contribution in [0.25, 0.3) is 0 Å². The van der Waals surface area contributed by atoms with Gasteiger partial charge in [-0.15, -0.1) is 0 Å². The van der Waals surface area contributed by atoms with Crippen LogP contribution < -0.4 is 5.32 Å². The van der Waals surface area contributed by atoms with Gasteiger partial charge >= 0.3 is 0 Å². The van der Waals surface area contributed by atoms with E-state index in [1.54, 1.807) is 18.5 Å². The van der Waals surface area contributed by atoms with Crippen LogP contribution in [0.4, 0.5) is 0 Å². The number of nitrogens with one attached hydrogen (secondary N) is 2. The van der Waals surface area contributed by atoms with Crippen molar-refractivity contribution < 1.29 is 4.79 Å². The van der Waals surface area contributed by atoms with E-state index in [9.17, 15) is 4.79 Å². The number of aryl methyl sites for hydroxylation is 1. The average molecular weight is 242 g/mol. The smallest absolute Gasteiger partial charge is 0.253 e. The summed E-state index contributed by atoms with van der Waals surface area (Å²) in [4.78, 5) is 14.9. The van der Waals surface area contributed by atoms with Gasteiger partial charge in [-0.3, -0.25) is 4.79 Å². The van der Waals surface area contributed by atoms with Gasteiger partial charge in [0.05, 0.1) is 11.6 Å². The van der Waals surface area contributed by atoms with Crippen molar-refractivity contribution >= 4 is 5.91 Å². The number of hydrogen-bond acceptors (Lipinski definition) is 1. The van der Waals surface area contributed by atoms with Crippen LogP contribution in [0.5, 0.6) is 0 Å². The lowest BCUT2D eigenvalue weighted by Gasteiger charge is -2.17. The molecule has 1 unspecified atom stereocenters. The highest BCUT2D eigenvalue weighted by Crippen LogP contribution is 2.17. The Morgan fingerprint density at radius 1 is 1.28 bits per heavy atom. The zero-order chi connectivity index (χ0) is 13.0. The van der Waals surface area contributed by atoms with Crippen LogP contribution in [0.3, 0.4) is 0 Å². The summed E-state index contributed by atoms with van der Waals surface area (Å²) in [5, 5.41) is 3.05. The van der Waals surface area contributed by atoms with E-state index < -0.39 is 0 Å². The van der Waals surface area contributed by atoms with E-state index in [2.05, 4.69) is 48.4 Å². The predicted molar refractivity (Wildman–Crippen MR) is 72.5 cm³/mol. The van der Waals surface area contributed by atoms with Crippen LogP contribution in [-0.2, 0) is 0 Å². The van der Waals surface area contributed by atoms with Gasteiger partial charge in [-0.25, -0.2) is 0 Å². The van der Waals surface area contributed by atoms with Crippen LogP contribution in [0.2, 0.25) is 0 Å². The van der Waals surface area contributed by atoms with Gasteiger partial charge in [0.2, 0.25) is 0 Å². The molecule has 0 aliphatic heterocycles. The molecule has 18 heavy (non-hydrogen) atoms. The second-order valence-corrected chi connectivity index (χ2v) is 4.44. The van der Waals surface area contributed by atoms with E-state index in [4.69, 9.17) is 0 Å². The SMILES string of the molecule is CCC(NC(=O)c1cc[nH]c1)c1ccc(C)cc1. The molecule has 1 atom stereocenters. The Bertz CT molecular complexity index is 500. The number of aromatic nitrogens is 1. The molecule has 94 valence electrons. The number of aromatic amines is 1. The Morgan fingerprint density at radius 2 is 2.00 bits per heavy atom. The minimum absolute atomic E-state index is 0.0383. The summed E-state index contributed by atoms with van der Waals surface area (Å²) in [5.74, 6) is -0.0383. The first-order chi connectivity index (χ1) is 8.70. The summed E-state index contributed by atoms with van der Waals surface area (Å²) < 4.78 is 0. The molecule has 0 fully saturated rings. The molecule has 2 rings (SSSR count). The third kappa shape index (κ3) is 2.80. The molecule has 0 radical (unpaired) electrons. The monoisotopic (exact) mass is 242 g/mol. The lowest BCUT2D eigenvalue weighted by Crippen LogP contribution is -2.27. The van der Waals surface area contributed by atoms with E-state index in [0.717, 1.165) is 12.0 Å². The number of H-pyrrole nitrogens is 1. The molecule has 3 nitrogen and oxygen atoms in total. The van der Waals surface area contributed by atoms with E-state index in [-0.39, 0.29) is 11.9 Å². The number of hydrogen-bond donors (Lipinski definition) is 2. The third-order valence-electron chi connectivity index (χ3n) is 3.05. The first kappa shape index (κ1) is 12.4. The number of benzene rings is 1. The quantitative estimate of drug-likeness (QED) is 0.849. The van der Waals surface area contributed by atoms with E-state index in [1.807, 2.05) is 0 Å². The molecule has 2 N–H and O–H groups in total. The fourth-order valence-electron chi connectivity index (χ4n) is 1.93. The third-order valence-corrected chi connectivity index (χ3v) is 3.05. The fourth-order valence-corrected chi connectivity index (χ4v) is 1.93. The molecule has 3 heteroatoms. The number of rotatable bonds is 4. The van der Waals surface area contributed by atoms with Crippen molar-refractivity contribution in [2.45, 2.75) is 26.3 Å². The van der Waals surface area contributed by atoms with Crippen molar-refractivity contribution in [1.82, 2.24) is 10.3 Å². The van der Waals surface area contributed by atoms with Crippen LogP contribution in [0.1, 0.15) is 40.9 Å². The van der Waals surface area contributed by atoms with Crippen molar-refractivity contribution in [2.75, 3.05) is 0 Å². The van der Waals surface area contributed by atoms with Crippen molar-refractivity contribution in [3.8, 4) is 0 Å². The summed E-state index contributed by atoms with van der Waals surface area (Å²) in [6.07, 6.45) is 4.33. The molecule has 1 amide bonds. The largest absolute Gasteiger partial charge is 0.367 e. The summed E-state index contributed by atoms with van der Waals surface area (Å²) in [6.45, 7) is 4.13. The zero-order valence-electron chi connectivity index (χ0n) is 10.7. The van der Waals surface area contributed by atoms with Gasteiger partial charge in [0.15, 0.2) is 0 Å². The van der Waals surface area contributed by atoms with E-state index >= 15 is 0 Å². The Hall–Kier alpha value is -2.03. The summed E-state index contributed by atoms with van der Waals surface area (Å²) in [7, 11) is 0. The maximum atomic E-state index is 12.0. The number of carbonyl (C=O) groups excluding carboxylic acids is 1. The van der Waals surface area contributed by atoms with Crippen LogP contribution in [-0.4, -0.2) is 10.9 Å². The van der Waals surface area contributed by atoms with Gasteiger partial charge in [0.1, 0.15) is 0 Å². The van der Waals surface area contributed by atoms with Crippen molar-refractivity contribution in [2.24, 2.45) is 0 Å². The highest BCUT2D eigenvalue weighted by Gasteiger charge is 2.13. The van der Waals surface area contributed by atoms with Crippen molar-refractivity contribution in [3.05, 3.63) is 59.4 Å². The van der Waals surface area contributed by atoms with Gasteiger partial charge in [-0.05, 0) is 25.0 Å². The second kappa shape index (κ2) is 5.54. The lowest BCUT2D eigenvalue weighted by molar-refractivity contribution is 0.0936. The summed E-state index contributed by atoms with van der Waals surface area (Å²) in [6, 6.07) is 10.1. The molecular weight excluding hydrogens is 224 g/mol. The summed E-state index contributed by atoms with van der Waals surface area (Å²) >= 11 is 0. The Kier molecular flexibility index (Phi) is 3.82. The zero-order valence-corrected chi connectivity index (χ0v) is 10.7. The van der Waals surface area contributed by atoms with Crippen LogP contribution >= 0.6 is 0 Å². The van der Waals surface area contributed by atoms with Gasteiger partial charge in [0, 0.05) is 12.4 Å². The molecule has 1 aromatic heterocycles. The Labute approximate surface area is 107 Å². The van der Waals surface area contributed by atoms with Crippen molar-refractivity contribution in [3.63, 3.8) is 0 Å². The molecule has 1 aromatic carbocycles. The normalized spacial score (nSPS) is 12.1. The standard InChI is InChI=1S/C15H18N2O/c1-3-14(12-6-4-11(2)5-7-12)17-15(18)13-8-9-16-10-13/h4-10,14,16H,3H2,1-2H3,(H,17,18). The second-order valence-electron chi connectivity index (χ2n) is 4.44. The molecular formula is C15H18N2O.